The Morgan fingerprint density at radius 3 is 2.52 bits per heavy atom. The van der Waals surface area contributed by atoms with E-state index in [1.165, 1.54) is 25.7 Å². The van der Waals surface area contributed by atoms with Gasteiger partial charge >= 0.3 is 0 Å². The molecule has 0 amide bonds. The lowest BCUT2D eigenvalue weighted by atomic mass is 10.0. The van der Waals surface area contributed by atoms with Crippen molar-refractivity contribution in [2.24, 2.45) is 16.3 Å². The maximum absolute atomic E-state index is 5.43. The first-order chi connectivity index (χ1) is 10.7. The fourth-order valence-electron chi connectivity index (χ4n) is 3.52. The van der Waals surface area contributed by atoms with E-state index in [0.29, 0.717) is 11.5 Å². The van der Waals surface area contributed by atoms with Crippen LogP contribution in [0.1, 0.15) is 39.5 Å². The Labute approximate surface area is 158 Å². The van der Waals surface area contributed by atoms with Crippen LogP contribution in [0, 0.1) is 11.3 Å². The maximum atomic E-state index is 5.43. The van der Waals surface area contributed by atoms with Crippen LogP contribution in [0.2, 0.25) is 0 Å². The number of rotatable bonds is 7. The minimum absolute atomic E-state index is 0. The van der Waals surface area contributed by atoms with Crippen LogP contribution in [-0.4, -0.2) is 62.8 Å². The predicted molar refractivity (Wildman–Crippen MR) is 106 cm³/mol. The summed E-state index contributed by atoms with van der Waals surface area (Å²) in [5, 5.41) is 6.93. The van der Waals surface area contributed by atoms with E-state index in [9.17, 15) is 0 Å². The van der Waals surface area contributed by atoms with Gasteiger partial charge in [-0.1, -0.05) is 0 Å². The molecule has 2 aliphatic carbocycles. The van der Waals surface area contributed by atoms with Crippen LogP contribution in [-0.2, 0) is 4.74 Å². The third-order valence-corrected chi connectivity index (χ3v) is 5.47. The van der Waals surface area contributed by atoms with Crippen LogP contribution >= 0.6 is 24.0 Å². The molecule has 0 radical (unpaired) electrons. The molecule has 1 atom stereocenters. The van der Waals surface area contributed by atoms with Crippen LogP contribution in [0.15, 0.2) is 4.99 Å². The Bertz CT molecular complexity index is 390. The number of hydrogen-bond acceptors (Lipinski definition) is 3. The Morgan fingerprint density at radius 1 is 1.26 bits per heavy atom. The number of halogens is 1. The van der Waals surface area contributed by atoms with E-state index in [1.807, 2.05) is 0 Å². The van der Waals surface area contributed by atoms with Crippen molar-refractivity contribution in [2.45, 2.75) is 45.6 Å². The van der Waals surface area contributed by atoms with Crippen LogP contribution in [0.5, 0.6) is 0 Å². The summed E-state index contributed by atoms with van der Waals surface area (Å²) in [5.74, 6) is 1.97. The normalized spacial score (nSPS) is 25.4. The highest BCUT2D eigenvalue weighted by Crippen LogP contribution is 2.61. The number of ether oxygens (including phenoxy) is 1. The van der Waals surface area contributed by atoms with Crippen molar-refractivity contribution < 1.29 is 4.74 Å². The van der Waals surface area contributed by atoms with Crippen molar-refractivity contribution in [1.29, 1.82) is 0 Å². The van der Waals surface area contributed by atoms with Gasteiger partial charge in [0.2, 0.25) is 0 Å². The molecule has 2 saturated carbocycles. The van der Waals surface area contributed by atoms with Gasteiger partial charge in [0.25, 0.3) is 0 Å². The third kappa shape index (κ3) is 5.46. The molecule has 3 fully saturated rings. The van der Waals surface area contributed by atoms with Crippen LogP contribution in [0.4, 0.5) is 0 Å². The molecule has 2 N–H and O–H groups in total. The smallest absolute Gasteiger partial charge is 0.191 e. The Hall–Kier alpha value is -0.0800. The number of nitrogens with zero attached hydrogens (tertiary/aromatic N) is 2. The molecule has 23 heavy (non-hydrogen) atoms. The number of hydrogen-bond donors (Lipinski definition) is 2. The first-order valence-electron chi connectivity index (χ1n) is 9.07. The summed E-state index contributed by atoms with van der Waals surface area (Å²) in [4.78, 5) is 7.37. The molecule has 3 aliphatic rings. The summed E-state index contributed by atoms with van der Waals surface area (Å²) in [6, 6.07) is 0.520. The standard InChI is InChI=1S/C17H32N4O.HI/c1-3-18-16(20-13-17(6-7-17)15-4-5-15)19-12-14(2)21-8-10-22-11-9-21;/h14-15H,3-13H2,1-2H3,(H2,18,19,20);1H. The predicted octanol–water partition coefficient (Wildman–Crippen LogP) is 2.07. The second kappa shape index (κ2) is 8.85. The quantitative estimate of drug-likeness (QED) is 0.365. The minimum atomic E-state index is 0. The monoisotopic (exact) mass is 436 g/mol. The van der Waals surface area contributed by atoms with E-state index in [2.05, 4.69) is 29.4 Å². The molecule has 3 rings (SSSR count). The van der Waals surface area contributed by atoms with Crippen molar-refractivity contribution in [3.8, 4) is 0 Å². The number of aliphatic imine (C=N–C) groups is 1. The highest BCUT2D eigenvalue weighted by molar-refractivity contribution is 14.0. The number of nitrogens with one attached hydrogen (secondary N) is 2. The van der Waals surface area contributed by atoms with Gasteiger partial charge in [0.1, 0.15) is 0 Å². The van der Waals surface area contributed by atoms with Crippen molar-refractivity contribution >= 4 is 29.9 Å². The topological polar surface area (TPSA) is 48.9 Å². The minimum Gasteiger partial charge on any atom is -0.379 e. The van der Waals surface area contributed by atoms with Gasteiger partial charge in [-0.3, -0.25) is 9.89 Å². The fraction of sp³-hybridized carbons (Fsp3) is 0.941. The van der Waals surface area contributed by atoms with Crippen LogP contribution in [0.25, 0.3) is 0 Å². The van der Waals surface area contributed by atoms with E-state index in [0.717, 1.165) is 57.8 Å². The first-order valence-corrected chi connectivity index (χ1v) is 9.07. The molecule has 0 aromatic heterocycles. The second-order valence-corrected chi connectivity index (χ2v) is 7.21. The fourth-order valence-corrected chi connectivity index (χ4v) is 3.52. The number of morpholine rings is 1. The van der Waals surface area contributed by atoms with E-state index in [4.69, 9.17) is 9.73 Å². The summed E-state index contributed by atoms with van der Waals surface area (Å²) < 4.78 is 5.43. The molecule has 1 aliphatic heterocycles. The van der Waals surface area contributed by atoms with Crippen LogP contribution < -0.4 is 10.6 Å². The zero-order valence-corrected chi connectivity index (χ0v) is 17.0. The summed E-state index contributed by atoms with van der Waals surface area (Å²) in [5.41, 5.74) is 0.582. The first kappa shape index (κ1) is 19.2. The molecule has 1 saturated heterocycles. The average Bonchev–Trinajstić information content (AvgIpc) is 3.43. The average molecular weight is 436 g/mol. The largest absolute Gasteiger partial charge is 0.379 e. The van der Waals surface area contributed by atoms with Gasteiger partial charge in [-0.15, -0.1) is 24.0 Å². The van der Waals surface area contributed by atoms with Gasteiger partial charge in [-0.25, -0.2) is 0 Å². The lowest BCUT2D eigenvalue weighted by molar-refractivity contribution is 0.0211. The van der Waals surface area contributed by atoms with Crippen molar-refractivity contribution in [2.75, 3.05) is 45.9 Å². The van der Waals surface area contributed by atoms with Gasteiger partial charge in [0, 0.05) is 38.8 Å². The summed E-state index contributed by atoms with van der Waals surface area (Å²) >= 11 is 0. The van der Waals surface area contributed by atoms with Crippen molar-refractivity contribution in [3.05, 3.63) is 0 Å². The lowest BCUT2D eigenvalue weighted by Crippen LogP contribution is -2.49. The Balaban J connectivity index is 0.00000192. The van der Waals surface area contributed by atoms with E-state index < -0.39 is 0 Å². The van der Waals surface area contributed by atoms with E-state index in [-0.39, 0.29) is 24.0 Å². The molecule has 1 unspecified atom stereocenters. The Kier molecular flexibility index (Phi) is 7.41. The summed E-state index contributed by atoms with van der Waals surface area (Å²) in [7, 11) is 0. The van der Waals surface area contributed by atoms with Gasteiger partial charge in [0.15, 0.2) is 5.96 Å². The molecule has 134 valence electrons. The van der Waals surface area contributed by atoms with E-state index in [1.54, 1.807) is 0 Å². The highest BCUT2D eigenvalue weighted by atomic mass is 127. The molecule has 0 aromatic carbocycles. The van der Waals surface area contributed by atoms with Gasteiger partial charge in [-0.2, -0.15) is 0 Å². The SMILES string of the molecule is CCNC(=NCC1(C2CC2)CC1)NCC(C)N1CCOCC1.I. The Morgan fingerprint density at radius 2 is 1.96 bits per heavy atom. The molecule has 6 heteroatoms. The molecule has 0 spiro atoms. The van der Waals surface area contributed by atoms with Gasteiger partial charge < -0.3 is 15.4 Å². The summed E-state index contributed by atoms with van der Waals surface area (Å²) in [6.07, 6.45) is 5.66. The van der Waals surface area contributed by atoms with Crippen molar-refractivity contribution in [3.63, 3.8) is 0 Å². The molecule has 5 nitrogen and oxygen atoms in total. The van der Waals surface area contributed by atoms with Crippen molar-refractivity contribution in [1.82, 2.24) is 15.5 Å². The lowest BCUT2D eigenvalue weighted by Gasteiger charge is -2.32. The van der Waals surface area contributed by atoms with Gasteiger partial charge in [0.05, 0.1) is 13.2 Å². The molecule has 0 aromatic rings. The third-order valence-electron chi connectivity index (χ3n) is 5.47. The number of guanidine groups is 1. The molecule has 1 heterocycles. The zero-order chi connectivity index (χ0) is 15.4. The highest BCUT2D eigenvalue weighted by Gasteiger charge is 2.53. The zero-order valence-electron chi connectivity index (χ0n) is 14.6. The molecular formula is C17H33IN4O. The molecule has 0 bridgehead atoms. The van der Waals surface area contributed by atoms with Gasteiger partial charge in [-0.05, 0) is 50.9 Å². The van der Waals surface area contributed by atoms with Crippen LogP contribution in [0.3, 0.4) is 0 Å². The molecular weight excluding hydrogens is 403 g/mol. The van der Waals surface area contributed by atoms with E-state index >= 15 is 0 Å². The second-order valence-electron chi connectivity index (χ2n) is 7.21. The summed E-state index contributed by atoms with van der Waals surface area (Å²) in [6.45, 7) is 11.1. The maximum Gasteiger partial charge on any atom is 0.191 e.